The lowest BCUT2D eigenvalue weighted by Gasteiger charge is -2.18. The molecule has 1 amide bonds. The van der Waals surface area contributed by atoms with Crippen molar-refractivity contribution in [3.63, 3.8) is 0 Å². The van der Waals surface area contributed by atoms with Gasteiger partial charge in [0.15, 0.2) is 0 Å². The molecule has 0 spiro atoms. The van der Waals surface area contributed by atoms with E-state index in [9.17, 15) is 9.18 Å². The van der Waals surface area contributed by atoms with Crippen LogP contribution in [0, 0.1) is 5.82 Å². The minimum Gasteiger partial charge on any atom is -0.364 e. The molecule has 0 aliphatic carbocycles. The van der Waals surface area contributed by atoms with Crippen LogP contribution >= 0.6 is 0 Å². The van der Waals surface area contributed by atoms with Gasteiger partial charge in [-0.1, -0.05) is 12.1 Å². The SMILES string of the molecule is C[C@@H](NC(=O)C1CCC(CN)O1)c1ccc(F)cc1. The number of halogens is 1. The van der Waals surface area contributed by atoms with Gasteiger partial charge in [-0.3, -0.25) is 4.79 Å². The second-order valence-corrected chi connectivity index (χ2v) is 4.84. The summed E-state index contributed by atoms with van der Waals surface area (Å²) in [4.78, 5) is 12.0. The van der Waals surface area contributed by atoms with Gasteiger partial charge in [-0.15, -0.1) is 0 Å². The lowest BCUT2D eigenvalue weighted by Crippen LogP contribution is -2.36. The van der Waals surface area contributed by atoms with Gasteiger partial charge in [0.25, 0.3) is 0 Å². The molecule has 2 unspecified atom stereocenters. The molecular formula is C14H19FN2O2. The molecule has 1 fully saturated rings. The molecular weight excluding hydrogens is 247 g/mol. The summed E-state index contributed by atoms with van der Waals surface area (Å²) < 4.78 is 18.4. The summed E-state index contributed by atoms with van der Waals surface area (Å²) in [6, 6.07) is 5.92. The molecule has 1 aliphatic heterocycles. The highest BCUT2D eigenvalue weighted by Gasteiger charge is 2.30. The zero-order valence-corrected chi connectivity index (χ0v) is 10.9. The van der Waals surface area contributed by atoms with Crippen LogP contribution in [-0.2, 0) is 9.53 Å². The highest BCUT2D eigenvalue weighted by atomic mass is 19.1. The van der Waals surface area contributed by atoms with Gasteiger partial charge in [0.2, 0.25) is 5.91 Å². The second kappa shape index (κ2) is 6.12. The monoisotopic (exact) mass is 266 g/mol. The minimum absolute atomic E-state index is 0.0168. The third-order valence-electron chi connectivity index (χ3n) is 3.39. The van der Waals surface area contributed by atoms with E-state index in [0.29, 0.717) is 13.0 Å². The van der Waals surface area contributed by atoms with Crippen LogP contribution in [-0.4, -0.2) is 24.7 Å². The number of benzene rings is 1. The van der Waals surface area contributed by atoms with Crippen LogP contribution in [0.25, 0.3) is 0 Å². The molecule has 3 N–H and O–H groups in total. The van der Waals surface area contributed by atoms with Crippen molar-refractivity contribution in [3.8, 4) is 0 Å². The molecule has 104 valence electrons. The standard InChI is InChI=1S/C14H19FN2O2/c1-9(10-2-4-11(15)5-3-10)17-14(18)13-7-6-12(8-16)19-13/h2-5,9,12-13H,6-8,16H2,1H3,(H,17,18)/t9-,12?,13?/m1/s1. The molecule has 3 atom stereocenters. The molecule has 1 heterocycles. The fourth-order valence-electron chi connectivity index (χ4n) is 2.21. The van der Waals surface area contributed by atoms with Gasteiger partial charge in [0.1, 0.15) is 11.9 Å². The van der Waals surface area contributed by atoms with Gasteiger partial charge >= 0.3 is 0 Å². The Kier molecular flexibility index (Phi) is 4.50. The van der Waals surface area contributed by atoms with Gasteiger partial charge in [-0.05, 0) is 37.5 Å². The predicted molar refractivity (Wildman–Crippen MR) is 69.9 cm³/mol. The largest absolute Gasteiger partial charge is 0.364 e. The van der Waals surface area contributed by atoms with Crippen LogP contribution in [0.3, 0.4) is 0 Å². The van der Waals surface area contributed by atoms with E-state index >= 15 is 0 Å². The third kappa shape index (κ3) is 3.52. The van der Waals surface area contributed by atoms with E-state index in [0.717, 1.165) is 12.0 Å². The number of nitrogens with two attached hydrogens (primary N) is 1. The normalized spacial score (nSPS) is 24.2. The maximum absolute atomic E-state index is 12.8. The smallest absolute Gasteiger partial charge is 0.249 e. The van der Waals surface area contributed by atoms with Crippen molar-refractivity contribution in [1.82, 2.24) is 5.32 Å². The van der Waals surface area contributed by atoms with Crippen molar-refractivity contribution in [3.05, 3.63) is 35.6 Å². The van der Waals surface area contributed by atoms with E-state index in [2.05, 4.69) is 5.32 Å². The van der Waals surface area contributed by atoms with Crippen LogP contribution in [0.1, 0.15) is 31.4 Å². The van der Waals surface area contributed by atoms with Crippen LogP contribution in [0.15, 0.2) is 24.3 Å². The molecule has 0 aromatic heterocycles. The molecule has 1 aliphatic rings. The average molecular weight is 266 g/mol. The molecule has 5 heteroatoms. The van der Waals surface area contributed by atoms with E-state index in [1.54, 1.807) is 12.1 Å². The van der Waals surface area contributed by atoms with Crippen molar-refractivity contribution in [2.24, 2.45) is 5.73 Å². The fourth-order valence-corrected chi connectivity index (χ4v) is 2.21. The van der Waals surface area contributed by atoms with Gasteiger partial charge in [-0.2, -0.15) is 0 Å². The summed E-state index contributed by atoms with van der Waals surface area (Å²) in [5, 5.41) is 2.88. The number of carbonyl (C=O) groups is 1. The maximum atomic E-state index is 12.8. The molecule has 4 nitrogen and oxygen atoms in total. The first-order chi connectivity index (χ1) is 9.10. The number of nitrogens with one attached hydrogen (secondary N) is 1. The fraction of sp³-hybridized carbons (Fsp3) is 0.500. The summed E-state index contributed by atoms with van der Waals surface area (Å²) in [7, 11) is 0. The molecule has 1 saturated heterocycles. The van der Waals surface area contributed by atoms with Crippen LogP contribution in [0.4, 0.5) is 4.39 Å². The number of hydrogen-bond acceptors (Lipinski definition) is 3. The first-order valence-electron chi connectivity index (χ1n) is 6.51. The van der Waals surface area contributed by atoms with E-state index in [1.807, 2.05) is 6.92 Å². The Hall–Kier alpha value is -1.46. The molecule has 0 saturated carbocycles. The second-order valence-electron chi connectivity index (χ2n) is 4.84. The number of amides is 1. The number of rotatable bonds is 4. The van der Waals surface area contributed by atoms with Crippen molar-refractivity contribution in [1.29, 1.82) is 0 Å². The van der Waals surface area contributed by atoms with Crippen LogP contribution < -0.4 is 11.1 Å². The third-order valence-corrected chi connectivity index (χ3v) is 3.39. The zero-order chi connectivity index (χ0) is 13.8. The Labute approximate surface area is 112 Å². The Morgan fingerprint density at radius 3 is 2.74 bits per heavy atom. The summed E-state index contributed by atoms with van der Waals surface area (Å²) in [6.45, 7) is 2.30. The molecule has 0 bridgehead atoms. The van der Waals surface area contributed by atoms with Crippen LogP contribution in [0.2, 0.25) is 0 Å². The molecule has 1 aromatic carbocycles. The maximum Gasteiger partial charge on any atom is 0.249 e. The van der Waals surface area contributed by atoms with Gasteiger partial charge in [-0.25, -0.2) is 4.39 Å². The number of carbonyl (C=O) groups excluding carboxylic acids is 1. The molecule has 19 heavy (non-hydrogen) atoms. The van der Waals surface area contributed by atoms with E-state index < -0.39 is 6.10 Å². The average Bonchev–Trinajstić information content (AvgIpc) is 2.88. The van der Waals surface area contributed by atoms with Crippen LogP contribution in [0.5, 0.6) is 0 Å². The summed E-state index contributed by atoms with van der Waals surface area (Å²) >= 11 is 0. The summed E-state index contributed by atoms with van der Waals surface area (Å²) in [5.74, 6) is -0.417. The highest BCUT2D eigenvalue weighted by Crippen LogP contribution is 2.20. The Morgan fingerprint density at radius 1 is 1.47 bits per heavy atom. The quantitative estimate of drug-likeness (QED) is 0.868. The first-order valence-corrected chi connectivity index (χ1v) is 6.51. The van der Waals surface area contributed by atoms with Crippen molar-refractivity contribution in [2.45, 2.75) is 38.0 Å². The first kappa shape index (κ1) is 14.0. The van der Waals surface area contributed by atoms with Crippen molar-refractivity contribution >= 4 is 5.91 Å². The summed E-state index contributed by atoms with van der Waals surface area (Å²) in [5.41, 5.74) is 6.37. The number of ether oxygens (including phenoxy) is 1. The van der Waals surface area contributed by atoms with E-state index in [4.69, 9.17) is 10.5 Å². The Morgan fingerprint density at radius 2 is 2.16 bits per heavy atom. The van der Waals surface area contributed by atoms with E-state index in [-0.39, 0.29) is 23.9 Å². The van der Waals surface area contributed by atoms with Crippen molar-refractivity contribution in [2.75, 3.05) is 6.54 Å². The molecule has 1 aromatic rings. The Bertz CT molecular complexity index is 436. The van der Waals surface area contributed by atoms with Crippen molar-refractivity contribution < 1.29 is 13.9 Å². The molecule has 0 radical (unpaired) electrons. The number of hydrogen-bond donors (Lipinski definition) is 2. The Balaban J connectivity index is 1.90. The van der Waals surface area contributed by atoms with Gasteiger partial charge in [0.05, 0.1) is 12.1 Å². The predicted octanol–water partition coefficient (Wildman–Crippen LogP) is 1.51. The lowest BCUT2D eigenvalue weighted by atomic mass is 10.1. The summed E-state index contributed by atoms with van der Waals surface area (Å²) in [6.07, 6.45) is 1.08. The molecule has 2 rings (SSSR count). The zero-order valence-electron chi connectivity index (χ0n) is 10.9. The minimum atomic E-state index is -0.420. The van der Waals surface area contributed by atoms with Gasteiger partial charge in [0, 0.05) is 6.54 Å². The topological polar surface area (TPSA) is 64.4 Å². The van der Waals surface area contributed by atoms with E-state index in [1.165, 1.54) is 12.1 Å². The highest BCUT2D eigenvalue weighted by molar-refractivity contribution is 5.81. The van der Waals surface area contributed by atoms with Gasteiger partial charge < -0.3 is 15.8 Å². The lowest BCUT2D eigenvalue weighted by molar-refractivity contribution is -0.132.